The van der Waals surface area contributed by atoms with Crippen molar-refractivity contribution in [3.8, 4) is 0 Å². The zero-order valence-electron chi connectivity index (χ0n) is 15.3. The van der Waals surface area contributed by atoms with Crippen LogP contribution in [0.25, 0.3) is 0 Å². The second-order valence-corrected chi connectivity index (χ2v) is 9.28. The van der Waals surface area contributed by atoms with Gasteiger partial charge in [0.15, 0.2) is 5.13 Å². The van der Waals surface area contributed by atoms with E-state index < -0.39 is 0 Å². The SMILES string of the molecule is CCCC1CCc2nc(NC(=O)C3CCCC34CCOCC4)sc2C1. The molecular weight excluding hydrogens is 332 g/mol. The second-order valence-electron chi connectivity index (χ2n) is 8.20. The van der Waals surface area contributed by atoms with Gasteiger partial charge in [0.05, 0.1) is 5.69 Å². The van der Waals surface area contributed by atoms with Crippen molar-refractivity contribution in [2.24, 2.45) is 17.3 Å². The van der Waals surface area contributed by atoms with Gasteiger partial charge in [0.2, 0.25) is 5.91 Å². The van der Waals surface area contributed by atoms with Crippen LogP contribution in [0.2, 0.25) is 0 Å². The number of nitrogens with zero attached hydrogens (tertiary/aromatic N) is 1. The van der Waals surface area contributed by atoms with Crippen LogP contribution in [-0.4, -0.2) is 24.1 Å². The summed E-state index contributed by atoms with van der Waals surface area (Å²) in [5, 5.41) is 4.02. The van der Waals surface area contributed by atoms with Crippen LogP contribution in [-0.2, 0) is 22.4 Å². The topological polar surface area (TPSA) is 51.2 Å². The Morgan fingerprint density at radius 1 is 1.32 bits per heavy atom. The summed E-state index contributed by atoms with van der Waals surface area (Å²) in [6, 6.07) is 0. The lowest BCUT2D eigenvalue weighted by Gasteiger charge is -2.37. The quantitative estimate of drug-likeness (QED) is 0.853. The Balaban J connectivity index is 1.43. The lowest BCUT2D eigenvalue weighted by Crippen LogP contribution is -2.39. The lowest BCUT2D eigenvalue weighted by atomic mass is 9.71. The Labute approximate surface area is 154 Å². The highest BCUT2D eigenvalue weighted by Gasteiger charge is 2.47. The highest BCUT2D eigenvalue weighted by molar-refractivity contribution is 7.15. The molecule has 4 nitrogen and oxygen atoms in total. The molecule has 3 aliphatic rings. The van der Waals surface area contributed by atoms with Crippen molar-refractivity contribution in [3.05, 3.63) is 10.6 Å². The Kier molecular flexibility index (Phi) is 5.14. The number of carbonyl (C=O) groups excluding carboxylic acids is 1. The van der Waals surface area contributed by atoms with Crippen LogP contribution in [0, 0.1) is 17.3 Å². The van der Waals surface area contributed by atoms with Crippen LogP contribution in [0.15, 0.2) is 0 Å². The van der Waals surface area contributed by atoms with E-state index in [-0.39, 0.29) is 17.2 Å². The van der Waals surface area contributed by atoms with E-state index in [1.807, 2.05) is 0 Å². The van der Waals surface area contributed by atoms with E-state index in [4.69, 9.17) is 9.72 Å². The molecule has 0 aromatic carbocycles. The number of ether oxygens (including phenoxy) is 1. The van der Waals surface area contributed by atoms with Gasteiger partial charge >= 0.3 is 0 Å². The zero-order valence-corrected chi connectivity index (χ0v) is 16.1. The molecule has 1 spiro atoms. The number of aryl methyl sites for hydroxylation is 1. The predicted octanol–water partition coefficient (Wildman–Crippen LogP) is 4.58. The summed E-state index contributed by atoms with van der Waals surface area (Å²) in [5.74, 6) is 1.16. The molecule has 1 saturated carbocycles. The maximum Gasteiger partial charge on any atom is 0.229 e. The van der Waals surface area contributed by atoms with Gasteiger partial charge in [0.1, 0.15) is 0 Å². The molecule has 2 atom stereocenters. The fourth-order valence-corrected chi connectivity index (χ4v) is 6.39. The van der Waals surface area contributed by atoms with Gasteiger partial charge in [-0.1, -0.05) is 26.2 Å². The molecule has 0 radical (unpaired) electrons. The van der Waals surface area contributed by atoms with Crippen molar-refractivity contribution >= 4 is 22.4 Å². The maximum absolute atomic E-state index is 13.0. The molecule has 1 saturated heterocycles. The second kappa shape index (κ2) is 7.36. The van der Waals surface area contributed by atoms with Crippen molar-refractivity contribution in [1.82, 2.24) is 4.98 Å². The fraction of sp³-hybridized carbons (Fsp3) is 0.800. The standard InChI is InChI=1S/C20H30N2O2S/c1-2-4-14-6-7-16-17(13-14)25-19(21-16)22-18(23)15-5-3-8-20(15)9-11-24-12-10-20/h14-15H,2-13H2,1H3,(H,21,22,23). The first-order valence-corrected chi connectivity index (χ1v) is 10.9. The predicted molar refractivity (Wildman–Crippen MR) is 101 cm³/mol. The van der Waals surface area contributed by atoms with Gasteiger partial charge in [-0.15, -0.1) is 11.3 Å². The average Bonchev–Trinajstić information content (AvgIpc) is 3.19. The largest absolute Gasteiger partial charge is 0.381 e. The molecule has 4 rings (SSSR count). The molecule has 1 aromatic rings. The van der Waals surface area contributed by atoms with Gasteiger partial charge in [0.25, 0.3) is 0 Å². The van der Waals surface area contributed by atoms with Crippen molar-refractivity contribution in [3.63, 3.8) is 0 Å². The fourth-order valence-electron chi connectivity index (χ4n) is 5.27. The van der Waals surface area contributed by atoms with Crippen LogP contribution in [0.3, 0.4) is 0 Å². The summed E-state index contributed by atoms with van der Waals surface area (Å²) in [4.78, 5) is 19.1. The van der Waals surface area contributed by atoms with Gasteiger partial charge in [-0.25, -0.2) is 4.98 Å². The van der Waals surface area contributed by atoms with Gasteiger partial charge in [-0.2, -0.15) is 0 Å². The third-order valence-corrected chi connectivity index (χ3v) is 7.72. The Bertz CT molecular complexity index is 621. The molecule has 25 heavy (non-hydrogen) atoms. The van der Waals surface area contributed by atoms with Gasteiger partial charge in [0, 0.05) is 24.0 Å². The number of nitrogens with one attached hydrogen (secondary N) is 1. The zero-order chi connectivity index (χ0) is 17.3. The number of aromatic nitrogens is 1. The molecule has 1 aliphatic heterocycles. The third kappa shape index (κ3) is 3.50. The first-order chi connectivity index (χ1) is 12.2. The van der Waals surface area contributed by atoms with Gasteiger partial charge in [-0.3, -0.25) is 4.79 Å². The van der Waals surface area contributed by atoms with E-state index in [1.54, 1.807) is 11.3 Å². The third-order valence-electron chi connectivity index (χ3n) is 6.68. The van der Waals surface area contributed by atoms with E-state index in [1.165, 1.54) is 42.7 Å². The summed E-state index contributed by atoms with van der Waals surface area (Å²) in [6.45, 7) is 3.89. The smallest absolute Gasteiger partial charge is 0.229 e. The summed E-state index contributed by atoms with van der Waals surface area (Å²) in [5.41, 5.74) is 1.42. The van der Waals surface area contributed by atoms with Crippen LogP contribution >= 0.6 is 11.3 Å². The molecule has 0 bridgehead atoms. The number of thiazole rings is 1. The molecule has 1 aromatic heterocycles. The van der Waals surface area contributed by atoms with Crippen molar-refractivity contribution in [2.45, 2.75) is 71.1 Å². The molecule has 2 fully saturated rings. The number of hydrogen-bond acceptors (Lipinski definition) is 4. The Morgan fingerprint density at radius 2 is 2.16 bits per heavy atom. The minimum Gasteiger partial charge on any atom is -0.381 e. The molecule has 138 valence electrons. The van der Waals surface area contributed by atoms with E-state index in [0.717, 1.165) is 56.4 Å². The molecule has 1 amide bonds. The van der Waals surface area contributed by atoms with Crippen molar-refractivity contribution in [2.75, 3.05) is 18.5 Å². The molecular formula is C20H30N2O2S. The first kappa shape index (κ1) is 17.5. The summed E-state index contributed by atoms with van der Waals surface area (Å²) < 4.78 is 5.55. The number of amides is 1. The van der Waals surface area contributed by atoms with E-state index in [0.29, 0.717) is 0 Å². The maximum atomic E-state index is 13.0. The molecule has 2 heterocycles. The lowest BCUT2D eigenvalue weighted by molar-refractivity contribution is -0.125. The highest BCUT2D eigenvalue weighted by Crippen LogP contribution is 2.50. The Hall–Kier alpha value is -0.940. The number of fused-ring (bicyclic) bond motifs is 1. The van der Waals surface area contributed by atoms with E-state index in [9.17, 15) is 4.79 Å². The highest BCUT2D eigenvalue weighted by atomic mass is 32.1. The molecule has 5 heteroatoms. The summed E-state index contributed by atoms with van der Waals surface area (Å²) in [6.07, 6.45) is 11.5. The number of anilines is 1. The van der Waals surface area contributed by atoms with E-state index >= 15 is 0 Å². The van der Waals surface area contributed by atoms with Crippen LogP contribution < -0.4 is 5.32 Å². The monoisotopic (exact) mass is 362 g/mol. The number of hydrogen-bond donors (Lipinski definition) is 1. The molecule has 2 unspecified atom stereocenters. The van der Waals surface area contributed by atoms with Gasteiger partial charge < -0.3 is 10.1 Å². The van der Waals surface area contributed by atoms with Crippen LogP contribution in [0.4, 0.5) is 5.13 Å². The van der Waals surface area contributed by atoms with E-state index in [2.05, 4.69) is 12.2 Å². The minimum absolute atomic E-state index is 0.144. The Morgan fingerprint density at radius 3 is 2.96 bits per heavy atom. The first-order valence-electron chi connectivity index (χ1n) is 10.1. The molecule has 1 N–H and O–H groups in total. The normalized spacial score (nSPS) is 28.0. The number of rotatable bonds is 4. The van der Waals surface area contributed by atoms with Crippen molar-refractivity contribution in [1.29, 1.82) is 0 Å². The number of carbonyl (C=O) groups is 1. The van der Waals surface area contributed by atoms with Crippen LogP contribution in [0.5, 0.6) is 0 Å². The van der Waals surface area contributed by atoms with Crippen LogP contribution in [0.1, 0.15) is 68.9 Å². The summed E-state index contributed by atoms with van der Waals surface area (Å²) >= 11 is 1.72. The summed E-state index contributed by atoms with van der Waals surface area (Å²) in [7, 11) is 0. The molecule has 2 aliphatic carbocycles. The van der Waals surface area contributed by atoms with Crippen molar-refractivity contribution < 1.29 is 9.53 Å². The average molecular weight is 363 g/mol. The van der Waals surface area contributed by atoms with Gasteiger partial charge in [-0.05, 0) is 56.3 Å². The minimum atomic E-state index is 0.144.